The van der Waals surface area contributed by atoms with Crippen LogP contribution in [-0.2, 0) is 17.8 Å². The molecule has 2 rings (SSSR count). The maximum absolute atomic E-state index is 9.23. The molecule has 6 heteroatoms. The lowest BCUT2D eigenvalue weighted by atomic mass is 10.2. The molecule has 5 nitrogen and oxygen atoms in total. The van der Waals surface area contributed by atoms with Gasteiger partial charge < -0.3 is 9.84 Å². The Balaban J connectivity index is 2.15. The molecule has 1 aromatic rings. The molecule has 1 aromatic heterocycles. The summed E-state index contributed by atoms with van der Waals surface area (Å²) in [5.74, 6) is 0. The van der Waals surface area contributed by atoms with Gasteiger partial charge in [0.05, 0.1) is 35.7 Å². The molecule has 0 aromatic carbocycles. The average molecular weight is 288 g/mol. The number of aromatic nitrogens is 2. The molecule has 1 fully saturated rings. The van der Waals surface area contributed by atoms with E-state index >= 15 is 0 Å². The van der Waals surface area contributed by atoms with Gasteiger partial charge >= 0.3 is 0 Å². The summed E-state index contributed by atoms with van der Waals surface area (Å²) in [6, 6.07) is 0.319. The first-order valence-electron chi connectivity index (χ1n) is 6.75. The van der Waals surface area contributed by atoms with Gasteiger partial charge in [-0.2, -0.15) is 5.10 Å². The zero-order valence-corrected chi connectivity index (χ0v) is 12.5. The zero-order chi connectivity index (χ0) is 14.0. The lowest BCUT2D eigenvalue weighted by Crippen LogP contribution is -2.49. The molecule has 0 bridgehead atoms. The Morgan fingerprint density at radius 2 is 2.26 bits per heavy atom. The van der Waals surface area contributed by atoms with Crippen LogP contribution in [0.3, 0.4) is 0 Å². The lowest BCUT2D eigenvalue weighted by Gasteiger charge is -2.37. The van der Waals surface area contributed by atoms with E-state index in [9.17, 15) is 5.11 Å². The quantitative estimate of drug-likeness (QED) is 0.911. The molecule has 1 aliphatic heterocycles. The highest BCUT2D eigenvalue weighted by atomic mass is 35.5. The van der Waals surface area contributed by atoms with Gasteiger partial charge in [0.15, 0.2) is 0 Å². The Kier molecular flexibility index (Phi) is 4.84. The molecule has 2 unspecified atom stereocenters. The van der Waals surface area contributed by atoms with Gasteiger partial charge in [-0.3, -0.25) is 9.58 Å². The summed E-state index contributed by atoms with van der Waals surface area (Å²) in [4.78, 5) is 2.29. The van der Waals surface area contributed by atoms with Crippen LogP contribution in [0.2, 0.25) is 5.02 Å². The van der Waals surface area contributed by atoms with Crippen LogP contribution >= 0.6 is 11.6 Å². The average Bonchev–Trinajstić information content (AvgIpc) is 2.68. The zero-order valence-electron chi connectivity index (χ0n) is 11.8. The summed E-state index contributed by atoms with van der Waals surface area (Å²) in [6.45, 7) is 9.09. The SMILES string of the molecule is CCn1nc(C)c(Cl)c1CN1CC(CO)OCC1C. The third kappa shape index (κ3) is 3.11. The van der Waals surface area contributed by atoms with Crippen molar-refractivity contribution in [3.63, 3.8) is 0 Å². The molecule has 2 heterocycles. The minimum absolute atomic E-state index is 0.0586. The first kappa shape index (κ1) is 14.8. The van der Waals surface area contributed by atoms with Crippen molar-refractivity contribution in [3.8, 4) is 0 Å². The van der Waals surface area contributed by atoms with Crippen molar-refractivity contribution in [1.29, 1.82) is 0 Å². The number of morpholine rings is 1. The summed E-state index contributed by atoms with van der Waals surface area (Å²) >= 11 is 6.34. The van der Waals surface area contributed by atoms with E-state index < -0.39 is 0 Å². The Bertz CT molecular complexity index is 436. The highest BCUT2D eigenvalue weighted by Crippen LogP contribution is 2.24. The Hall–Kier alpha value is -0.620. The minimum Gasteiger partial charge on any atom is -0.394 e. The van der Waals surface area contributed by atoms with Crippen molar-refractivity contribution < 1.29 is 9.84 Å². The van der Waals surface area contributed by atoms with E-state index in [0.29, 0.717) is 12.6 Å². The summed E-state index contributed by atoms with van der Waals surface area (Å²) in [7, 11) is 0. The van der Waals surface area contributed by atoms with Gasteiger partial charge in [0.2, 0.25) is 0 Å². The molecule has 0 saturated carbocycles. The number of aliphatic hydroxyl groups is 1. The van der Waals surface area contributed by atoms with Gasteiger partial charge in [0.1, 0.15) is 0 Å². The number of nitrogens with zero attached hydrogens (tertiary/aromatic N) is 3. The molecule has 0 radical (unpaired) electrons. The van der Waals surface area contributed by atoms with Gasteiger partial charge in [-0.15, -0.1) is 0 Å². The standard InChI is InChI=1S/C13H22ClN3O2/c1-4-17-12(13(14)10(3)15-17)6-16-5-11(7-18)19-8-9(16)2/h9,11,18H,4-8H2,1-3H3. The van der Waals surface area contributed by atoms with Gasteiger partial charge in [0.25, 0.3) is 0 Å². The molecule has 19 heavy (non-hydrogen) atoms. The van der Waals surface area contributed by atoms with Crippen LogP contribution < -0.4 is 0 Å². The van der Waals surface area contributed by atoms with Crippen molar-refractivity contribution in [3.05, 3.63) is 16.4 Å². The third-order valence-electron chi connectivity index (χ3n) is 3.64. The molecular weight excluding hydrogens is 266 g/mol. The third-order valence-corrected chi connectivity index (χ3v) is 4.14. The van der Waals surface area contributed by atoms with Crippen molar-refractivity contribution in [1.82, 2.24) is 14.7 Å². The first-order valence-corrected chi connectivity index (χ1v) is 7.12. The normalized spacial score (nSPS) is 24.9. The van der Waals surface area contributed by atoms with Crippen molar-refractivity contribution in [2.45, 2.75) is 46.0 Å². The van der Waals surface area contributed by atoms with Crippen molar-refractivity contribution in [2.75, 3.05) is 19.8 Å². The van der Waals surface area contributed by atoms with E-state index in [1.807, 2.05) is 11.6 Å². The summed E-state index contributed by atoms with van der Waals surface area (Å²) in [5, 5.41) is 14.4. The van der Waals surface area contributed by atoms with Crippen molar-refractivity contribution in [2.24, 2.45) is 0 Å². The fourth-order valence-electron chi connectivity index (χ4n) is 2.42. The maximum atomic E-state index is 9.23. The van der Waals surface area contributed by atoms with Crippen LogP contribution in [0, 0.1) is 6.92 Å². The molecule has 1 saturated heterocycles. The van der Waals surface area contributed by atoms with E-state index in [4.69, 9.17) is 16.3 Å². The highest BCUT2D eigenvalue weighted by molar-refractivity contribution is 6.31. The molecule has 0 amide bonds. The topological polar surface area (TPSA) is 50.5 Å². The largest absolute Gasteiger partial charge is 0.394 e. The summed E-state index contributed by atoms with van der Waals surface area (Å²) in [6.07, 6.45) is -0.103. The smallest absolute Gasteiger partial charge is 0.0933 e. The Morgan fingerprint density at radius 1 is 1.53 bits per heavy atom. The summed E-state index contributed by atoms with van der Waals surface area (Å²) in [5.41, 5.74) is 1.92. The highest BCUT2D eigenvalue weighted by Gasteiger charge is 2.27. The van der Waals surface area contributed by atoms with Gasteiger partial charge in [0, 0.05) is 25.7 Å². The number of hydrogen-bond acceptors (Lipinski definition) is 4. The lowest BCUT2D eigenvalue weighted by molar-refractivity contribution is -0.0811. The molecule has 1 N–H and O–H groups in total. The number of ether oxygens (including phenoxy) is 1. The fraction of sp³-hybridized carbons (Fsp3) is 0.769. The van der Waals surface area contributed by atoms with Crippen LogP contribution in [0.1, 0.15) is 25.2 Å². The van der Waals surface area contributed by atoms with E-state index in [-0.39, 0.29) is 12.7 Å². The van der Waals surface area contributed by atoms with Crippen molar-refractivity contribution >= 4 is 11.6 Å². The van der Waals surface area contributed by atoms with Crippen LogP contribution in [-0.4, -0.2) is 51.7 Å². The molecule has 0 spiro atoms. The van der Waals surface area contributed by atoms with Crippen LogP contribution in [0.4, 0.5) is 0 Å². The van der Waals surface area contributed by atoms with Crippen LogP contribution in [0.25, 0.3) is 0 Å². The summed E-state index contributed by atoms with van der Waals surface area (Å²) < 4.78 is 7.50. The first-order chi connectivity index (χ1) is 9.06. The Labute approximate surface area is 119 Å². The molecule has 0 aliphatic carbocycles. The van der Waals surface area contributed by atoms with Gasteiger partial charge in [-0.05, 0) is 20.8 Å². The van der Waals surface area contributed by atoms with Gasteiger partial charge in [-0.25, -0.2) is 0 Å². The van der Waals surface area contributed by atoms with Crippen LogP contribution in [0.5, 0.6) is 0 Å². The second-order valence-electron chi connectivity index (χ2n) is 5.08. The van der Waals surface area contributed by atoms with E-state index in [1.165, 1.54) is 0 Å². The number of aliphatic hydroxyl groups excluding tert-OH is 1. The number of halogens is 1. The molecular formula is C13H22ClN3O2. The van der Waals surface area contributed by atoms with Gasteiger partial charge in [-0.1, -0.05) is 11.6 Å². The number of hydrogen-bond donors (Lipinski definition) is 1. The molecule has 1 aliphatic rings. The van der Waals surface area contributed by atoms with E-state index in [2.05, 4.69) is 23.8 Å². The second-order valence-corrected chi connectivity index (χ2v) is 5.46. The molecule has 2 atom stereocenters. The van der Waals surface area contributed by atoms with E-state index in [1.54, 1.807) is 0 Å². The fourth-order valence-corrected chi connectivity index (χ4v) is 2.61. The monoisotopic (exact) mass is 287 g/mol. The maximum Gasteiger partial charge on any atom is 0.0933 e. The Morgan fingerprint density at radius 3 is 2.89 bits per heavy atom. The minimum atomic E-state index is -0.103. The van der Waals surface area contributed by atoms with E-state index in [0.717, 1.165) is 36.0 Å². The predicted molar refractivity (Wildman–Crippen MR) is 74.3 cm³/mol. The predicted octanol–water partition coefficient (Wildman–Crippen LogP) is 1.45. The number of aryl methyl sites for hydroxylation is 2. The molecule has 108 valence electrons. The second kappa shape index (κ2) is 6.22. The van der Waals surface area contributed by atoms with Crippen LogP contribution in [0.15, 0.2) is 0 Å². The number of rotatable bonds is 4.